The van der Waals surface area contributed by atoms with Gasteiger partial charge in [-0.25, -0.2) is 4.79 Å². The van der Waals surface area contributed by atoms with Gasteiger partial charge in [0.25, 0.3) is 0 Å². The number of benzene rings is 1. The molecule has 3 heterocycles. The van der Waals surface area contributed by atoms with E-state index in [9.17, 15) is 4.79 Å². The molecule has 1 aliphatic heterocycles. The number of pyridine rings is 1. The van der Waals surface area contributed by atoms with E-state index in [1.807, 2.05) is 18.2 Å². The molecule has 0 radical (unpaired) electrons. The largest absolute Gasteiger partial charge is 0.478 e. The Labute approximate surface area is 138 Å². The van der Waals surface area contributed by atoms with Crippen LogP contribution in [0.25, 0.3) is 11.4 Å². The summed E-state index contributed by atoms with van der Waals surface area (Å²) in [4.78, 5) is 17.5. The van der Waals surface area contributed by atoms with E-state index in [1.54, 1.807) is 12.1 Å². The topological polar surface area (TPSA) is 82.1 Å². The van der Waals surface area contributed by atoms with Gasteiger partial charge in [0.1, 0.15) is 5.69 Å². The molecule has 2 aromatic heterocycles. The second-order valence-corrected chi connectivity index (χ2v) is 5.90. The van der Waals surface area contributed by atoms with Gasteiger partial charge in [-0.05, 0) is 17.7 Å². The lowest BCUT2D eigenvalue weighted by Gasteiger charge is -2.15. The molecule has 2 N–H and O–H groups in total. The van der Waals surface area contributed by atoms with Crippen LogP contribution in [0.2, 0.25) is 0 Å². The number of aromatic carboxylic acids is 1. The van der Waals surface area contributed by atoms with Crippen LogP contribution in [0.5, 0.6) is 0 Å². The number of fused-ring (bicyclic) bond motifs is 1. The fraction of sp³-hybridized carbons (Fsp3) is 0.167. The van der Waals surface area contributed by atoms with Gasteiger partial charge in [-0.3, -0.25) is 15.0 Å². The average Bonchev–Trinajstić information content (AvgIpc) is 3.16. The minimum atomic E-state index is -0.977. The first-order valence-electron chi connectivity index (χ1n) is 7.73. The zero-order chi connectivity index (χ0) is 16.5. The van der Waals surface area contributed by atoms with Crippen LogP contribution in [0, 0.1) is 0 Å². The number of nitrogens with zero attached hydrogens (tertiary/aromatic N) is 3. The SMILES string of the molecule is O=C(O)c1ccc(-c2n[nH]c3c2CN(Cc2ccccc2)C3)nc1. The van der Waals surface area contributed by atoms with Crippen molar-refractivity contribution in [2.24, 2.45) is 0 Å². The number of carboxylic acids is 1. The minimum Gasteiger partial charge on any atom is -0.478 e. The zero-order valence-electron chi connectivity index (χ0n) is 12.9. The van der Waals surface area contributed by atoms with E-state index in [4.69, 9.17) is 5.11 Å². The summed E-state index contributed by atoms with van der Waals surface area (Å²) in [6, 6.07) is 13.6. The molecule has 1 aliphatic rings. The summed E-state index contributed by atoms with van der Waals surface area (Å²) >= 11 is 0. The number of hydrogen-bond donors (Lipinski definition) is 2. The molecule has 0 aliphatic carbocycles. The predicted octanol–water partition coefficient (Wildman–Crippen LogP) is 2.69. The highest BCUT2D eigenvalue weighted by Gasteiger charge is 2.26. The van der Waals surface area contributed by atoms with Crippen molar-refractivity contribution in [3.05, 3.63) is 71.0 Å². The number of carboxylic acid groups (broad SMARTS) is 1. The van der Waals surface area contributed by atoms with Gasteiger partial charge in [-0.15, -0.1) is 0 Å². The zero-order valence-corrected chi connectivity index (χ0v) is 12.9. The van der Waals surface area contributed by atoms with Crippen molar-refractivity contribution in [1.82, 2.24) is 20.1 Å². The summed E-state index contributed by atoms with van der Waals surface area (Å²) in [5.41, 5.74) is 5.20. The lowest BCUT2D eigenvalue weighted by Crippen LogP contribution is -2.16. The quantitative estimate of drug-likeness (QED) is 0.772. The van der Waals surface area contributed by atoms with Gasteiger partial charge in [0.05, 0.1) is 17.0 Å². The standard InChI is InChI=1S/C18H16N4O2/c23-18(24)13-6-7-15(19-8-13)17-14-10-22(11-16(14)20-21-17)9-12-4-2-1-3-5-12/h1-8H,9-11H2,(H,20,21)(H,23,24). The Morgan fingerprint density at radius 1 is 1.17 bits per heavy atom. The van der Waals surface area contributed by atoms with Crippen LogP contribution >= 0.6 is 0 Å². The second-order valence-electron chi connectivity index (χ2n) is 5.90. The number of carbonyl (C=O) groups is 1. The van der Waals surface area contributed by atoms with Crippen LogP contribution in [0.4, 0.5) is 0 Å². The van der Waals surface area contributed by atoms with Gasteiger partial charge in [-0.2, -0.15) is 5.10 Å². The molecule has 0 fully saturated rings. The van der Waals surface area contributed by atoms with Crippen LogP contribution < -0.4 is 0 Å². The summed E-state index contributed by atoms with van der Waals surface area (Å²) in [6.45, 7) is 2.51. The smallest absolute Gasteiger partial charge is 0.337 e. The van der Waals surface area contributed by atoms with Crippen LogP contribution in [0.3, 0.4) is 0 Å². The van der Waals surface area contributed by atoms with E-state index in [0.717, 1.165) is 36.6 Å². The Bertz CT molecular complexity index is 872. The molecule has 24 heavy (non-hydrogen) atoms. The third-order valence-electron chi connectivity index (χ3n) is 4.22. The molecule has 6 nitrogen and oxygen atoms in total. The average molecular weight is 320 g/mol. The molecule has 120 valence electrons. The molecule has 1 aromatic carbocycles. The molecule has 0 saturated carbocycles. The number of H-pyrrole nitrogens is 1. The fourth-order valence-corrected chi connectivity index (χ4v) is 3.03. The first-order chi connectivity index (χ1) is 11.7. The second kappa shape index (κ2) is 5.90. The van der Waals surface area contributed by atoms with Crippen LogP contribution in [0.1, 0.15) is 27.2 Å². The van der Waals surface area contributed by atoms with Gasteiger partial charge < -0.3 is 5.11 Å². The fourth-order valence-electron chi connectivity index (χ4n) is 3.03. The summed E-state index contributed by atoms with van der Waals surface area (Å²) in [5.74, 6) is -0.977. The van der Waals surface area contributed by atoms with E-state index in [1.165, 1.54) is 11.8 Å². The molecule has 6 heteroatoms. The predicted molar refractivity (Wildman–Crippen MR) is 88.2 cm³/mol. The molecule has 0 bridgehead atoms. The van der Waals surface area contributed by atoms with Crippen molar-refractivity contribution in [1.29, 1.82) is 0 Å². The minimum absolute atomic E-state index is 0.177. The van der Waals surface area contributed by atoms with E-state index in [2.05, 4.69) is 32.2 Å². The summed E-state index contributed by atoms with van der Waals surface area (Å²) in [6.07, 6.45) is 1.37. The highest BCUT2D eigenvalue weighted by Crippen LogP contribution is 2.30. The summed E-state index contributed by atoms with van der Waals surface area (Å²) in [5, 5.41) is 16.4. The first-order valence-corrected chi connectivity index (χ1v) is 7.73. The molecule has 0 unspecified atom stereocenters. The van der Waals surface area contributed by atoms with Gasteiger partial charge in [0.2, 0.25) is 0 Å². The lowest BCUT2D eigenvalue weighted by atomic mass is 10.1. The van der Waals surface area contributed by atoms with Crippen LogP contribution in [-0.2, 0) is 19.6 Å². The molecule has 0 saturated heterocycles. The Morgan fingerprint density at radius 3 is 2.71 bits per heavy atom. The maximum atomic E-state index is 10.9. The molecule has 0 spiro atoms. The molecule has 0 amide bonds. The lowest BCUT2D eigenvalue weighted by molar-refractivity contribution is 0.0696. The normalized spacial score (nSPS) is 13.8. The Hall–Kier alpha value is -2.99. The number of aromatic amines is 1. The van der Waals surface area contributed by atoms with Crippen molar-refractivity contribution in [3.8, 4) is 11.4 Å². The summed E-state index contributed by atoms with van der Waals surface area (Å²) < 4.78 is 0. The maximum absolute atomic E-state index is 10.9. The van der Waals surface area contributed by atoms with Gasteiger partial charge in [0.15, 0.2) is 0 Å². The molecular formula is C18H16N4O2. The third-order valence-corrected chi connectivity index (χ3v) is 4.22. The van der Waals surface area contributed by atoms with Gasteiger partial charge in [-0.1, -0.05) is 30.3 Å². The Morgan fingerprint density at radius 2 is 2.00 bits per heavy atom. The van der Waals surface area contributed by atoms with E-state index >= 15 is 0 Å². The van der Waals surface area contributed by atoms with Gasteiger partial charge >= 0.3 is 5.97 Å². The van der Waals surface area contributed by atoms with E-state index < -0.39 is 5.97 Å². The number of aromatic nitrogens is 3. The number of nitrogens with one attached hydrogen (secondary N) is 1. The number of hydrogen-bond acceptors (Lipinski definition) is 4. The van der Waals surface area contributed by atoms with E-state index in [0.29, 0.717) is 5.69 Å². The summed E-state index contributed by atoms with van der Waals surface area (Å²) in [7, 11) is 0. The molecule has 0 atom stereocenters. The number of rotatable bonds is 4. The monoisotopic (exact) mass is 320 g/mol. The Balaban J connectivity index is 1.55. The van der Waals surface area contributed by atoms with Crippen molar-refractivity contribution >= 4 is 5.97 Å². The highest BCUT2D eigenvalue weighted by molar-refractivity contribution is 5.87. The molecule has 3 aromatic rings. The molecular weight excluding hydrogens is 304 g/mol. The van der Waals surface area contributed by atoms with Crippen molar-refractivity contribution in [3.63, 3.8) is 0 Å². The molecule has 4 rings (SSSR count). The highest BCUT2D eigenvalue weighted by atomic mass is 16.4. The van der Waals surface area contributed by atoms with Crippen molar-refractivity contribution in [2.75, 3.05) is 0 Å². The Kier molecular flexibility index (Phi) is 3.59. The van der Waals surface area contributed by atoms with Crippen molar-refractivity contribution < 1.29 is 9.90 Å². The van der Waals surface area contributed by atoms with Crippen LogP contribution in [0.15, 0.2) is 48.7 Å². The van der Waals surface area contributed by atoms with Crippen molar-refractivity contribution in [2.45, 2.75) is 19.6 Å². The van der Waals surface area contributed by atoms with Crippen LogP contribution in [-0.4, -0.2) is 31.2 Å². The first kappa shape index (κ1) is 14.6. The van der Waals surface area contributed by atoms with Gasteiger partial charge in [0, 0.05) is 31.4 Å². The maximum Gasteiger partial charge on any atom is 0.337 e. The van der Waals surface area contributed by atoms with E-state index in [-0.39, 0.29) is 5.56 Å². The third kappa shape index (κ3) is 2.68.